The van der Waals surface area contributed by atoms with Crippen molar-refractivity contribution in [3.63, 3.8) is 0 Å². The highest BCUT2D eigenvalue weighted by molar-refractivity contribution is 4.64. The van der Waals surface area contributed by atoms with Crippen molar-refractivity contribution in [2.45, 2.75) is 90.6 Å². The molecule has 0 heterocycles. The molecule has 0 amide bonds. The topological polar surface area (TPSA) is 56.7 Å². The lowest BCUT2D eigenvalue weighted by Crippen LogP contribution is -3.00. The molecule has 0 aromatic heterocycles. The average Bonchev–Trinajstić information content (AvgIpc) is 2.14. The minimum absolute atomic E-state index is 0. The Kier molecular flexibility index (Phi) is 19.2. The minimum Gasteiger partial charge on any atom is -1.00 e. The lowest BCUT2D eigenvalue weighted by Gasteiger charge is -2.16. The standard InChI is InChI=1S/C14H30O.BrH.H3N/c1-4-5-6-7-8-9-10-11-12-13-14(2,3)15;;/h15H,4-13H2,1-3H3;1H;1H3. The molecule has 0 aliphatic heterocycles. The first-order chi connectivity index (χ1) is 7.06. The van der Waals surface area contributed by atoms with Gasteiger partial charge >= 0.3 is 0 Å². The van der Waals surface area contributed by atoms with Gasteiger partial charge in [0.15, 0.2) is 0 Å². The molecule has 0 unspecified atom stereocenters. The summed E-state index contributed by atoms with van der Waals surface area (Å²) in [6.45, 7) is 6.06. The van der Waals surface area contributed by atoms with E-state index in [4.69, 9.17) is 0 Å². The van der Waals surface area contributed by atoms with E-state index >= 15 is 0 Å². The normalized spacial score (nSPS) is 10.6. The summed E-state index contributed by atoms with van der Waals surface area (Å²) in [7, 11) is 0. The zero-order chi connectivity index (χ0) is 11.6. The van der Waals surface area contributed by atoms with Gasteiger partial charge in [0.2, 0.25) is 0 Å². The fourth-order valence-corrected chi connectivity index (χ4v) is 1.87. The molecule has 0 radical (unpaired) electrons. The Morgan fingerprint density at radius 1 is 0.765 bits per heavy atom. The summed E-state index contributed by atoms with van der Waals surface area (Å²) in [4.78, 5) is 0. The maximum atomic E-state index is 9.52. The summed E-state index contributed by atoms with van der Waals surface area (Å²) >= 11 is 0. The van der Waals surface area contributed by atoms with E-state index in [1.54, 1.807) is 0 Å². The highest BCUT2D eigenvalue weighted by Gasteiger charge is 2.10. The first-order valence-corrected chi connectivity index (χ1v) is 6.78. The Morgan fingerprint density at radius 2 is 1.12 bits per heavy atom. The van der Waals surface area contributed by atoms with Crippen LogP contribution in [-0.2, 0) is 0 Å². The minimum atomic E-state index is -0.457. The lowest BCUT2D eigenvalue weighted by atomic mass is 9.99. The van der Waals surface area contributed by atoms with Crippen LogP contribution in [0, 0.1) is 0 Å². The summed E-state index contributed by atoms with van der Waals surface area (Å²) in [6, 6.07) is 0. The van der Waals surface area contributed by atoms with Crippen LogP contribution in [0.2, 0.25) is 0 Å². The zero-order valence-corrected chi connectivity index (χ0v) is 14.0. The lowest BCUT2D eigenvalue weighted by molar-refractivity contribution is -0.0000131. The largest absolute Gasteiger partial charge is 1.00 e. The summed E-state index contributed by atoms with van der Waals surface area (Å²) < 4.78 is 0. The van der Waals surface area contributed by atoms with Crippen LogP contribution >= 0.6 is 0 Å². The number of hydrogen-bond donors (Lipinski definition) is 2. The molecule has 108 valence electrons. The molecule has 0 saturated carbocycles. The first-order valence-electron chi connectivity index (χ1n) is 6.78. The third-order valence-corrected chi connectivity index (χ3v) is 2.89. The number of quaternary nitrogens is 1. The highest BCUT2D eigenvalue weighted by atomic mass is 79.9. The predicted molar refractivity (Wildman–Crippen MR) is 74.1 cm³/mol. The fourth-order valence-electron chi connectivity index (χ4n) is 1.87. The maximum absolute atomic E-state index is 9.52. The first kappa shape index (κ1) is 22.6. The van der Waals surface area contributed by atoms with Crippen LogP contribution in [0.25, 0.3) is 0 Å². The SMILES string of the molecule is CCCCCCCCCCCC(C)(C)O.[Br-].[NH4+]. The van der Waals surface area contributed by atoms with Crippen molar-refractivity contribution in [3.05, 3.63) is 0 Å². The Morgan fingerprint density at radius 3 is 1.47 bits per heavy atom. The molecular weight excluding hydrogens is 278 g/mol. The molecule has 0 aromatic rings. The maximum Gasteiger partial charge on any atom is 0.0591 e. The van der Waals surface area contributed by atoms with Crippen molar-refractivity contribution in [2.75, 3.05) is 0 Å². The number of halogens is 1. The van der Waals surface area contributed by atoms with Crippen molar-refractivity contribution >= 4 is 0 Å². The number of unbranched alkanes of at least 4 members (excludes halogenated alkanes) is 8. The molecule has 0 aliphatic carbocycles. The van der Waals surface area contributed by atoms with Crippen molar-refractivity contribution in [2.24, 2.45) is 0 Å². The second-order valence-electron chi connectivity index (χ2n) is 5.39. The second-order valence-corrected chi connectivity index (χ2v) is 5.39. The van der Waals surface area contributed by atoms with Gasteiger partial charge in [-0.15, -0.1) is 0 Å². The van der Waals surface area contributed by atoms with E-state index in [9.17, 15) is 5.11 Å². The number of hydrogen-bond acceptors (Lipinski definition) is 1. The molecule has 5 N–H and O–H groups in total. The summed E-state index contributed by atoms with van der Waals surface area (Å²) in [5.41, 5.74) is -0.457. The van der Waals surface area contributed by atoms with Crippen LogP contribution in [-0.4, -0.2) is 10.7 Å². The molecule has 0 saturated heterocycles. The average molecular weight is 312 g/mol. The van der Waals surface area contributed by atoms with Gasteiger partial charge in [0.1, 0.15) is 0 Å². The molecular formula is C14H34BrNO. The van der Waals surface area contributed by atoms with Gasteiger partial charge in [-0.2, -0.15) is 0 Å². The monoisotopic (exact) mass is 311 g/mol. The van der Waals surface area contributed by atoms with E-state index in [1.165, 1.54) is 57.8 Å². The molecule has 0 fully saturated rings. The Bertz CT molecular complexity index is 135. The van der Waals surface area contributed by atoms with Crippen molar-refractivity contribution in [3.8, 4) is 0 Å². The molecule has 2 nitrogen and oxygen atoms in total. The molecule has 17 heavy (non-hydrogen) atoms. The van der Waals surface area contributed by atoms with Crippen LogP contribution in [0.1, 0.15) is 85.0 Å². The fraction of sp³-hybridized carbons (Fsp3) is 1.00. The van der Waals surface area contributed by atoms with E-state index in [1.807, 2.05) is 13.8 Å². The number of rotatable bonds is 10. The Balaban J connectivity index is -0.000000980. The molecule has 0 aromatic carbocycles. The van der Waals surface area contributed by atoms with Gasteiger partial charge in [-0.3, -0.25) is 0 Å². The van der Waals surface area contributed by atoms with Crippen LogP contribution in [0.15, 0.2) is 0 Å². The quantitative estimate of drug-likeness (QED) is 0.596. The van der Waals surface area contributed by atoms with E-state index in [0.29, 0.717) is 0 Å². The molecule has 0 bridgehead atoms. The summed E-state index contributed by atoms with van der Waals surface area (Å²) in [5.74, 6) is 0. The van der Waals surface area contributed by atoms with E-state index < -0.39 is 5.60 Å². The van der Waals surface area contributed by atoms with Crippen LogP contribution in [0.5, 0.6) is 0 Å². The Labute approximate surface area is 119 Å². The smallest absolute Gasteiger partial charge is 0.0591 e. The molecule has 0 rings (SSSR count). The third kappa shape index (κ3) is 22.1. The van der Waals surface area contributed by atoms with Crippen LogP contribution in [0.3, 0.4) is 0 Å². The van der Waals surface area contributed by atoms with E-state index in [0.717, 1.165) is 6.42 Å². The van der Waals surface area contributed by atoms with Gasteiger partial charge in [-0.25, -0.2) is 0 Å². The second kappa shape index (κ2) is 14.5. The van der Waals surface area contributed by atoms with Gasteiger partial charge in [-0.05, 0) is 20.3 Å². The van der Waals surface area contributed by atoms with Crippen LogP contribution < -0.4 is 23.1 Å². The van der Waals surface area contributed by atoms with Gasteiger partial charge in [0.05, 0.1) is 5.60 Å². The van der Waals surface area contributed by atoms with Gasteiger partial charge in [0, 0.05) is 0 Å². The van der Waals surface area contributed by atoms with E-state index in [2.05, 4.69) is 6.92 Å². The van der Waals surface area contributed by atoms with Crippen molar-refractivity contribution in [1.82, 2.24) is 6.15 Å². The predicted octanol–water partition coefficient (Wildman–Crippen LogP) is 2.06. The highest BCUT2D eigenvalue weighted by Crippen LogP contribution is 2.15. The zero-order valence-electron chi connectivity index (χ0n) is 12.4. The van der Waals surface area contributed by atoms with Crippen molar-refractivity contribution < 1.29 is 22.1 Å². The van der Waals surface area contributed by atoms with Crippen molar-refractivity contribution in [1.29, 1.82) is 0 Å². The number of aliphatic hydroxyl groups is 1. The molecule has 0 aliphatic rings. The van der Waals surface area contributed by atoms with Crippen LogP contribution in [0.4, 0.5) is 0 Å². The van der Waals surface area contributed by atoms with Gasteiger partial charge in [-0.1, -0.05) is 64.7 Å². The van der Waals surface area contributed by atoms with Gasteiger partial charge < -0.3 is 28.2 Å². The molecule has 3 heteroatoms. The third-order valence-electron chi connectivity index (χ3n) is 2.89. The van der Waals surface area contributed by atoms with Gasteiger partial charge in [0.25, 0.3) is 0 Å². The van der Waals surface area contributed by atoms with E-state index in [-0.39, 0.29) is 23.1 Å². The Hall–Kier alpha value is 0.400. The molecule has 0 spiro atoms. The molecule has 0 atom stereocenters. The summed E-state index contributed by atoms with van der Waals surface area (Å²) in [6.07, 6.45) is 13.1. The summed E-state index contributed by atoms with van der Waals surface area (Å²) in [5, 5.41) is 9.52.